The lowest BCUT2D eigenvalue weighted by Gasteiger charge is -2.39. The Labute approximate surface area is 362 Å². The van der Waals surface area contributed by atoms with Crippen LogP contribution in [0.1, 0.15) is 95.9 Å². The maximum absolute atomic E-state index is 2.71. The van der Waals surface area contributed by atoms with E-state index >= 15 is 0 Å². The number of hydrogen-bond donors (Lipinski definition) is 0. The van der Waals surface area contributed by atoms with Crippen molar-refractivity contribution in [1.82, 2.24) is 0 Å². The minimum atomic E-state index is 0.279. The van der Waals surface area contributed by atoms with E-state index in [1.807, 2.05) is 0 Å². The Bertz CT molecular complexity index is 3040. The molecule has 3 unspecified atom stereocenters. The summed E-state index contributed by atoms with van der Waals surface area (Å²) in [6.45, 7) is 14.5. The Morgan fingerprint density at radius 2 is 1.38 bits per heavy atom. The van der Waals surface area contributed by atoms with Crippen LogP contribution in [0.5, 0.6) is 0 Å². The van der Waals surface area contributed by atoms with Gasteiger partial charge in [-0.1, -0.05) is 175 Å². The molecular weight excluding hydrogens is 733 g/mol. The summed E-state index contributed by atoms with van der Waals surface area (Å²) >= 11 is 0. The summed E-state index contributed by atoms with van der Waals surface area (Å²) in [5.74, 6) is 2.83. The first kappa shape index (κ1) is 37.1. The van der Waals surface area contributed by atoms with E-state index in [1.54, 1.807) is 33.4 Å². The van der Waals surface area contributed by atoms with Crippen molar-refractivity contribution < 1.29 is 0 Å². The molecule has 7 aliphatic rings. The largest absolute Gasteiger partial charge is 0.0836 e. The molecule has 0 fully saturated rings. The zero-order valence-corrected chi connectivity index (χ0v) is 36.7. The molecule has 0 saturated heterocycles. The third kappa shape index (κ3) is 5.37. The van der Waals surface area contributed by atoms with Crippen molar-refractivity contribution >= 4 is 43.8 Å². The molecule has 0 bridgehead atoms. The Kier molecular flexibility index (Phi) is 8.45. The maximum Gasteiger partial charge on any atom is 0.0206 e. The molecule has 0 aromatic heterocycles. The smallest absolute Gasteiger partial charge is 0.0206 e. The molecule has 0 aliphatic heterocycles. The quantitative estimate of drug-likeness (QED) is 0.150. The van der Waals surface area contributed by atoms with E-state index in [2.05, 4.69) is 175 Å². The van der Waals surface area contributed by atoms with Crippen LogP contribution in [0.2, 0.25) is 0 Å². The molecule has 61 heavy (non-hydrogen) atoms. The second kappa shape index (κ2) is 13.9. The minimum absolute atomic E-state index is 0.279. The number of rotatable bonds is 6. The SMILES string of the molecule is CC(C)C1=CC(C(C)C)=C(C2=CC3=C(C=C4c5c(c(-c6ccccc6)c6cc7c8c(cccc8c6c5-c5ccccc5)C5=C7CCC=C5)C5=CC=CC3C54)CC2)C(C(C)C)C1. The fraction of sp³-hybridized carbons (Fsp3) is 0.279. The van der Waals surface area contributed by atoms with Crippen LogP contribution in [-0.4, -0.2) is 0 Å². The highest BCUT2D eigenvalue weighted by molar-refractivity contribution is 6.30. The van der Waals surface area contributed by atoms with E-state index in [0.717, 1.165) is 25.7 Å². The van der Waals surface area contributed by atoms with Crippen LogP contribution in [0.4, 0.5) is 0 Å². The lowest BCUT2D eigenvalue weighted by atomic mass is 9.65. The number of benzene rings is 5. The molecule has 12 rings (SSSR count). The molecule has 0 spiro atoms. The molecular formula is C61H56. The van der Waals surface area contributed by atoms with Gasteiger partial charge in [-0.3, -0.25) is 0 Å². The van der Waals surface area contributed by atoms with Gasteiger partial charge < -0.3 is 0 Å². The minimum Gasteiger partial charge on any atom is -0.0836 e. The standard InChI is InChI=1S/C61H56/c1-34(2)41-31-48(35(3)4)54(49(32-41)36(5)6)40-28-27-39-29-52-58-45(50(39)30-40)24-16-26-47(58)60-55(37-17-9-7-10-18-37)53-33-51-43-22-14-13-21-42(43)44-23-15-25-46(57(44)51)59(53)56(61(52)60)38-19-11-8-12-20-38/h7-13,15-21,23-26,29-31,33-36,45,49,58H,14,22,27-28,32H2,1-6H3. The third-order valence-electron chi connectivity index (χ3n) is 15.6. The van der Waals surface area contributed by atoms with Crippen LogP contribution < -0.4 is 0 Å². The zero-order valence-electron chi connectivity index (χ0n) is 36.7. The van der Waals surface area contributed by atoms with Crippen molar-refractivity contribution in [3.8, 4) is 22.3 Å². The van der Waals surface area contributed by atoms with Crippen molar-refractivity contribution in [2.45, 2.75) is 73.6 Å². The monoisotopic (exact) mass is 788 g/mol. The van der Waals surface area contributed by atoms with Gasteiger partial charge in [-0.05, 0) is 178 Å². The van der Waals surface area contributed by atoms with Gasteiger partial charge in [-0.15, -0.1) is 0 Å². The van der Waals surface area contributed by atoms with Crippen molar-refractivity contribution in [1.29, 1.82) is 0 Å². The molecule has 0 nitrogen and oxygen atoms in total. The molecule has 0 saturated carbocycles. The zero-order chi connectivity index (χ0) is 41.3. The van der Waals surface area contributed by atoms with E-state index in [0.29, 0.717) is 29.6 Å². The lowest BCUT2D eigenvalue weighted by Crippen LogP contribution is -2.25. The molecule has 5 aromatic rings. The van der Waals surface area contributed by atoms with Gasteiger partial charge >= 0.3 is 0 Å². The van der Waals surface area contributed by atoms with Crippen LogP contribution in [0.3, 0.4) is 0 Å². The van der Waals surface area contributed by atoms with Crippen LogP contribution in [-0.2, 0) is 0 Å². The first-order valence-electron chi connectivity index (χ1n) is 23.4. The van der Waals surface area contributed by atoms with Gasteiger partial charge in [0.15, 0.2) is 0 Å². The van der Waals surface area contributed by atoms with Gasteiger partial charge in [-0.2, -0.15) is 0 Å². The highest BCUT2D eigenvalue weighted by atomic mass is 14.5. The van der Waals surface area contributed by atoms with Crippen LogP contribution in [0.15, 0.2) is 167 Å². The van der Waals surface area contributed by atoms with E-state index in [4.69, 9.17) is 0 Å². The number of fused-ring (bicyclic) bond motifs is 8. The molecule has 5 aromatic carbocycles. The molecule has 3 atom stereocenters. The fourth-order valence-corrected chi connectivity index (χ4v) is 12.8. The molecule has 0 N–H and O–H groups in total. The summed E-state index contributed by atoms with van der Waals surface area (Å²) in [5, 5.41) is 5.62. The Morgan fingerprint density at radius 1 is 0.623 bits per heavy atom. The summed E-state index contributed by atoms with van der Waals surface area (Å²) in [6, 6.07) is 32.6. The predicted octanol–water partition coefficient (Wildman–Crippen LogP) is 16.7. The Balaban J connectivity index is 1.16. The molecule has 0 heteroatoms. The normalized spacial score (nSPS) is 22.3. The summed E-state index contributed by atoms with van der Waals surface area (Å²) in [4.78, 5) is 0. The molecule has 300 valence electrons. The lowest BCUT2D eigenvalue weighted by molar-refractivity contribution is 0.415. The Morgan fingerprint density at radius 3 is 2.11 bits per heavy atom. The van der Waals surface area contributed by atoms with Gasteiger partial charge in [0.1, 0.15) is 0 Å². The van der Waals surface area contributed by atoms with Gasteiger partial charge in [0.25, 0.3) is 0 Å². The van der Waals surface area contributed by atoms with E-state index in [1.165, 1.54) is 94.8 Å². The van der Waals surface area contributed by atoms with Crippen LogP contribution >= 0.6 is 0 Å². The maximum atomic E-state index is 2.71. The fourth-order valence-electron chi connectivity index (χ4n) is 12.8. The van der Waals surface area contributed by atoms with E-state index < -0.39 is 0 Å². The highest BCUT2D eigenvalue weighted by Gasteiger charge is 2.46. The topological polar surface area (TPSA) is 0 Å². The average Bonchev–Trinajstić information content (AvgIpc) is 3.79. The second-order valence-corrected chi connectivity index (χ2v) is 19.9. The van der Waals surface area contributed by atoms with Gasteiger partial charge in [-0.25, -0.2) is 0 Å². The first-order valence-corrected chi connectivity index (χ1v) is 23.4. The second-order valence-electron chi connectivity index (χ2n) is 19.9. The molecule has 0 radical (unpaired) electrons. The van der Waals surface area contributed by atoms with E-state index in [9.17, 15) is 0 Å². The van der Waals surface area contributed by atoms with Gasteiger partial charge in [0.2, 0.25) is 0 Å². The molecule has 0 amide bonds. The van der Waals surface area contributed by atoms with E-state index in [-0.39, 0.29) is 5.92 Å². The van der Waals surface area contributed by atoms with Crippen molar-refractivity contribution in [2.75, 3.05) is 0 Å². The van der Waals surface area contributed by atoms with Crippen molar-refractivity contribution in [2.24, 2.45) is 35.5 Å². The Hall–Kier alpha value is -5.72. The number of allylic oxidation sites excluding steroid dienone is 18. The summed E-state index contributed by atoms with van der Waals surface area (Å²) < 4.78 is 0. The van der Waals surface area contributed by atoms with Gasteiger partial charge in [0.05, 0.1) is 0 Å². The van der Waals surface area contributed by atoms with Gasteiger partial charge in [0, 0.05) is 11.8 Å². The third-order valence-corrected chi connectivity index (χ3v) is 15.6. The number of hydrogen-bond acceptors (Lipinski definition) is 0. The predicted molar refractivity (Wildman–Crippen MR) is 262 cm³/mol. The van der Waals surface area contributed by atoms with Crippen molar-refractivity contribution in [3.05, 3.63) is 189 Å². The summed E-state index contributed by atoms with van der Waals surface area (Å²) in [6.07, 6.45) is 25.8. The van der Waals surface area contributed by atoms with Crippen molar-refractivity contribution in [3.63, 3.8) is 0 Å². The average molecular weight is 789 g/mol. The summed E-state index contributed by atoms with van der Waals surface area (Å²) in [5.41, 5.74) is 26.8. The molecule has 0 heterocycles. The summed E-state index contributed by atoms with van der Waals surface area (Å²) in [7, 11) is 0. The first-order chi connectivity index (χ1) is 29.8. The molecule has 7 aliphatic carbocycles. The van der Waals surface area contributed by atoms with Crippen LogP contribution in [0.25, 0.3) is 66.1 Å². The highest BCUT2D eigenvalue weighted by Crippen LogP contribution is 2.64. The van der Waals surface area contributed by atoms with Crippen LogP contribution in [0, 0.1) is 35.5 Å².